The molecule has 2 heterocycles. The average molecular weight is 379 g/mol. The second-order valence-electron chi connectivity index (χ2n) is 8.22. The third-order valence-electron chi connectivity index (χ3n) is 5.93. The molecule has 0 spiro atoms. The van der Waals surface area contributed by atoms with E-state index in [1.54, 1.807) is 6.07 Å². The van der Waals surface area contributed by atoms with Crippen LogP contribution in [-0.2, 0) is 9.31 Å². The molecular formula is C19H28BClN2O3. The molecule has 0 aliphatic carbocycles. The minimum atomic E-state index is -0.529. The molecule has 142 valence electrons. The Labute approximate surface area is 161 Å². The highest BCUT2D eigenvalue weighted by molar-refractivity contribution is 6.65. The highest BCUT2D eigenvalue weighted by Gasteiger charge is 2.52. The van der Waals surface area contributed by atoms with E-state index in [4.69, 9.17) is 20.9 Å². The van der Waals surface area contributed by atoms with Crippen molar-refractivity contribution in [2.45, 2.75) is 57.8 Å². The van der Waals surface area contributed by atoms with Gasteiger partial charge in [-0.15, -0.1) is 0 Å². The molecule has 0 atom stereocenters. The van der Waals surface area contributed by atoms with Gasteiger partial charge in [0.1, 0.15) is 0 Å². The van der Waals surface area contributed by atoms with Crippen molar-refractivity contribution in [2.24, 2.45) is 0 Å². The van der Waals surface area contributed by atoms with Gasteiger partial charge in [0, 0.05) is 29.1 Å². The summed E-state index contributed by atoms with van der Waals surface area (Å²) in [7, 11) is 1.34. The van der Waals surface area contributed by atoms with Crippen LogP contribution in [0.5, 0.6) is 0 Å². The number of nitrogens with one attached hydrogen (secondary N) is 1. The van der Waals surface area contributed by atoms with Crippen LogP contribution in [0.4, 0.5) is 0 Å². The molecule has 0 aromatic heterocycles. The molecule has 2 aliphatic heterocycles. The quantitative estimate of drug-likeness (QED) is 0.821. The third-order valence-corrected chi connectivity index (χ3v) is 6.26. The standard InChI is InChI=1S/C19H28BClN2O3/c1-18(2)19(3,4)26-20(25-18)15-7-6-13(12-16(15)21)17(24)23(5)14-8-10-22-11-9-14/h6-7,12,14,22H,8-11H2,1-5H3. The van der Waals surface area contributed by atoms with Crippen LogP contribution in [0.3, 0.4) is 0 Å². The van der Waals surface area contributed by atoms with Crippen molar-refractivity contribution in [3.8, 4) is 0 Å². The van der Waals surface area contributed by atoms with Gasteiger partial charge in [-0.05, 0) is 65.8 Å². The number of piperidine rings is 1. The number of rotatable bonds is 3. The number of hydrogen-bond donors (Lipinski definition) is 1. The normalized spacial score (nSPS) is 22.5. The molecule has 0 bridgehead atoms. The van der Waals surface area contributed by atoms with Crippen LogP contribution in [0.15, 0.2) is 18.2 Å². The fraction of sp³-hybridized carbons (Fsp3) is 0.632. The van der Waals surface area contributed by atoms with E-state index in [1.807, 2.05) is 51.8 Å². The zero-order valence-electron chi connectivity index (χ0n) is 16.3. The topological polar surface area (TPSA) is 50.8 Å². The van der Waals surface area contributed by atoms with Gasteiger partial charge >= 0.3 is 7.12 Å². The lowest BCUT2D eigenvalue weighted by Gasteiger charge is -2.32. The van der Waals surface area contributed by atoms with Gasteiger partial charge < -0.3 is 19.5 Å². The molecule has 26 heavy (non-hydrogen) atoms. The van der Waals surface area contributed by atoms with E-state index < -0.39 is 18.3 Å². The largest absolute Gasteiger partial charge is 0.496 e. The first kappa shape index (κ1) is 19.7. The minimum absolute atomic E-state index is 0.000677. The molecule has 1 aromatic rings. The van der Waals surface area contributed by atoms with Crippen LogP contribution >= 0.6 is 11.6 Å². The van der Waals surface area contributed by atoms with Gasteiger partial charge in [-0.25, -0.2) is 0 Å². The number of halogens is 1. The maximum atomic E-state index is 12.8. The highest BCUT2D eigenvalue weighted by atomic mass is 35.5. The summed E-state index contributed by atoms with van der Waals surface area (Å²) in [6.07, 6.45) is 1.95. The summed E-state index contributed by atoms with van der Waals surface area (Å²) in [6, 6.07) is 5.65. The number of benzene rings is 1. The Morgan fingerprint density at radius 3 is 2.31 bits per heavy atom. The van der Waals surface area contributed by atoms with E-state index in [2.05, 4.69) is 5.32 Å². The lowest BCUT2D eigenvalue weighted by atomic mass is 9.78. The van der Waals surface area contributed by atoms with E-state index in [-0.39, 0.29) is 11.9 Å². The fourth-order valence-corrected chi connectivity index (χ4v) is 3.65. The summed E-state index contributed by atoms with van der Waals surface area (Å²) in [4.78, 5) is 14.7. The number of carbonyl (C=O) groups is 1. The first-order valence-electron chi connectivity index (χ1n) is 9.25. The zero-order valence-corrected chi connectivity index (χ0v) is 17.0. The summed E-state index contributed by atoms with van der Waals surface area (Å²) in [5, 5.41) is 3.82. The molecule has 0 radical (unpaired) electrons. The van der Waals surface area contributed by atoms with E-state index in [0.717, 1.165) is 31.4 Å². The summed E-state index contributed by atoms with van der Waals surface area (Å²) >= 11 is 6.49. The maximum Gasteiger partial charge on any atom is 0.496 e. The van der Waals surface area contributed by atoms with Crippen molar-refractivity contribution < 1.29 is 14.1 Å². The van der Waals surface area contributed by atoms with Crippen LogP contribution in [-0.4, -0.2) is 55.3 Å². The van der Waals surface area contributed by atoms with E-state index in [9.17, 15) is 4.79 Å². The first-order chi connectivity index (χ1) is 12.1. The van der Waals surface area contributed by atoms with Gasteiger partial charge in [0.15, 0.2) is 0 Å². The molecule has 2 aliphatic rings. The molecule has 5 nitrogen and oxygen atoms in total. The molecule has 2 saturated heterocycles. The summed E-state index contributed by atoms with van der Waals surface area (Å²) in [5.41, 5.74) is 0.498. The van der Waals surface area contributed by atoms with E-state index in [1.165, 1.54) is 0 Å². The van der Waals surface area contributed by atoms with Crippen molar-refractivity contribution in [1.29, 1.82) is 0 Å². The van der Waals surface area contributed by atoms with Crippen LogP contribution < -0.4 is 10.8 Å². The molecule has 0 saturated carbocycles. The Balaban J connectivity index is 1.76. The molecular weight excluding hydrogens is 350 g/mol. The first-order valence-corrected chi connectivity index (χ1v) is 9.63. The van der Waals surface area contributed by atoms with Crippen molar-refractivity contribution in [2.75, 3.05) is 20.1 Å². The molecule has 1 amide bonds. The zero-order chi connectivity index (χ0) is 19.1. The highest BCUT2D eigenvalue weighted by Crippen LogP contribution is 2.37. The molecule has 3 rings (SSSR count). The van der Waals surface area contributed by atoms with Crippen LogP contribution in [0, 0.1) is 0 Å². The van der Waals surface area contributed by atoms with E-state index in [0.29, 0.717) is 10.6 Å². The number of amides is 1. The number of nitrogens with zero attached hydrogens (tertiary/aromatic N) is 1. The predicted octanol–water partition coefficient (Wildman–Crippen LogP) is 2.46. The number of hydrogen-bond acceptors (Lipinski definition) is 4. The Hall–Kier alpha value is -1.08. The SMILES string of the molecule is CN(C(=O)c1ccc(B2OC(C)(C)C(C)(C)O2)c(Cl)c1)C1CCNCC1. The summed E-state index contributed by atoms with van der Waals surface area (Å²) in [6.45, 7) is 9.92. The third kappa shape index (κ3) is 3.65. The monoisotopic (exact) mass is 378 g/mol. The van der Waals surface area contributed by atoms with E-state index >= 15 is 0 Å². The second kappa shape index (κ2) is 7.15. The Morgan fingerprint density at radius 2 is 1.77 bits per heavy atom. The van der Waals surface area contributed by atoms with Crippen LogP contribution in [0.1, 0.15) is 50.9 Å². The molecule has 0 unspecified atom stereocenters. The minimum Gasteiger partial charge on any atom is -0.399 e. The van der Waals surface area contributed by atoms with Gasteiger partial charge in [0.2, 0.25) is 0 Å². The van der Waals surface area contributed by atoms with Crippen LogP contribution in [0.2, 0.25) is 5.02 Å². The Morgan fingerprint density at radius 1 is 1.19 bits per heavy atom. The maximum absolute atomic E-state index is 12.8. The van der Waals surface area contributed by atoms with Crippen molar-refractivity contribution >= 4 is 30.1 Å². The smallest absolute Gasteiger partial charge is 0.399 e. The number of carbonyl (C=O) groups excluding carboxylic acids is 1. The summed E-state index contributed by atoms with van der Waals surface area (Å²) in [5.74, 6) is -0.000677. The lowest BCUT2D eigenvalue weighted by molar-refractivity contribution is 0.00578. The van der Waals surface area contributed by atoms with Crippen molar-refractivity contribution in [1.82, 2.24) is 10.2 Å². The van der Waals surface area contributed by atoms with Gasteiger partial charge in [0.05, 0.1) is 11.2 Å². The van der Waals surface area contributed by atoms with Gasteiger partial charge in [-0.2, -0.15) is 0 Å². The fourth-order valence-electron chi connectivity index (χ4n) is 3.38. The Bertz CT molecular complexity index is 673. The molecule has 1 N–H and O–H groups in total. The molecule has 2 fully saturated rings. The summed E-state index contributed by atoms with van der Waals surface area (Å²) < 4.78 is 12.1. The van der Waals surface area contributed by atoms with Gasteiger partial charge in [-0.1, -0.05) is 17.7 Å². The Kier molecular flexibility index (Phi) is 5.41. The second-order valence-corrected chi connectivity index (χ2v) is 8.63. The van der Waals surface area contributed by atoms with Crippen molar-refractivity contribution in [3.63, 3.8) is 0 Å². The predicted molar refractivity (Wildman–Crippen MR) is 105 cm³/mol. The molecule has 1 aromatic carbocycles. The average Bonchev–Trinajstić information content (AvgIpc) is 2.81. The molecule has 7 heteroatoms. The van der Waals surface area contributed by atoms with Crippen molar-refractivity contribution in [3.05, 3.63) is 28.8 Å². The van der Waals surface area contributed by atoms with Gasteiger partial charge in [0.25, 0.3) is 5.91 Å². The van der Waals surface area contributed by atoms with Gasteiger partial charge in [-0.3, -0.25) is 4.79 Å². The lowest BCUT2D eigenvalue weighted by Crippen LogP contribution is -2.44. The van der Waals surface area contributed by atoms with Crippen LogP contribution in [0.25, 0.3) is 0 Å².